The number of aliphatic hydroxyl groups is 2. The van der Waals surface area contributed by atoms with E-state index in [1.165, 1.54) is 24.8 Å². The summed E-state index contributed by atoms with van der Waals surface area (Å²) >= 11 is 0. The molecule has 1 aromatic carbocycles. The molecule has 184 valence electrons. The number of aliphatic hydroxyl groups excluding tert-OH is 2. The zero-order chi connectivity index (χ0) is 24.2. The molecule has 0 unspecified atom stereocenters. The fraction of sp³-hybridized carbons (Fsp3) is 0.522. The van der Waals surface area contributed by atoms with E-state index in [9.17, 15) is 14.6 Å². The van der Waals surface area contributed by atoms with Gasteiger partial charge >= 0.3 is 0 Å². The van der Waals surface area contributed by atoms with Gasteiger partial charge in [0, 0.05) is 19.1 Å². The molecular weight excluding hydrogens is 441 g/mol. The largest absolute Gasteiger partial charge is 0.387 e. The maximum absolute atomic E-state index is 13.5. The van der Waals surface area contributed by atoms with Crippen molar-refractivity contribution >= 4 is 17.0 Å². The number of hydrogen-bond acceptors (Lipinski definition) is 9. The minimum atomic E-state index is -1.15. The molecule has 2 aromatic heterocycles. The highest BCUT2D eigenvalue weighted by Gasteiger charge is 2.45. The molecule has 0 radical (unpaired) electrons. The Bertz CT molecular complexity index is 1100. The molecule has 4 atom stereocenters. The lowest BCUT2D eigenvalue weighted by Crippen LogP contribution is -2.43. The van der Waals surface area contributed by atoms with Gasteiger partial charge in [0.2, 0.25) is 0 Å². The van der Waals surface area contributed by atoms with Crippen molar-refractivity contribution in [2.75, 3.05) is 25.0 Å². The third-order valence-corrected chi connectivity index (χ3v) is 6.11. The fourth-order valence-corrected chi connectivity index (χ4v) is 4.20. The number of anilines is 1. The highest BCUT2D eigenvalue weighted by atomic mass is 19.1. The van der Waals surface area contributed by atoms with Gasteiger partial charge in [0.25, 0.3) is 0 Å². The normalized spacial score (nSPS) is 22.8. The minimum absolute atomic E-state index is 0.243. The van der Waals surface area contributed by atoms with E-state index in [-0.39, 0.29) is 11.9 Å². The lowest BCUT2D eigenvalue weighted by molar-refractivity contribution is -0.0468. The Morgan fingerprint density at radius 3 is 2.79 bits per heavy atom. The molecule has 34 heavy (non-hydrogen) atoms. The second-order valence-electron chi connectivity index (χ2n) is 8.81. The summed E-state index contributed by atoms with van der Waals surface area (Å²) in [5, 5.41) is 24.6. The van der Waals surface area contributed by atoms with Gasteiger partial charge in [-0.3, -0.25) is 9.47 Å². The number of rotatable bonds is 10. The van der Waals surface area contributed by atoms with E-state index in [1.807, 2.05) is 6.07 Å². The maximum atomic E-state index is 13.5. The van der Waals surface area contributed by atoms with Gasteiger partial charge in [0.1, 0.15) is 30.5 Å². The number of imidazole rings is 1. The van der Waals surface area contributed by atoms with Crippen molar-refractivity contribution in [1.82, 2.24) is 24.4 Å². The Kier molecular flexibility index (Phi) is 7.69. The van der Waals surface area contributed by atoms with Gasteiger partial charge in [0.15, 0.2) is 23.2 Å². The summed E-state index contributed by atoms with van der Waals surface area (Å²) in [7, 11) is 0. The highest BCUT2D eigenvalue weighted by Crippen LogP contribution is 2.33. The molecule has 1 aliphatic heterocycles. The molecule has 1 aliphatic rings. The average molecular weight is 474 g/mol. The topological polar surface area (TPSA) is 135 Å². The Morgan fingerprint density at radius 1 is 1.24 bits per heavy atom. The van der Waals surface area contributed by atoms with Gasteiger partial charge in [-0.2, -0.15) is 0 Å². The van der Waals surface area contributed by atoms with Crippen molar-refractivity contribution in [2.45, 2.75) is 57.4 Å². The van der Waals surface area contributed by atoms with Crippen LogP contribution in [0.25, 0.3) is 11.2 Å². The summed E-state index contributed by atoms with van der Waals surface area (Å²) in [6.45, 7) is 6.33. The number of hydrogen-bond donors (Lipinski definition) is 4. The number of fused-ring (bicyclic) bond motifs is 1. The Morgan fingerprint density at radius 2 is 2.06 bits per heavy atom. The van der Waals surface area contributed by atoms with Crippen molar-refractivity contribution < 1.29 is 19.3 Å². The number of aromatic nitrogens is 4. The van der Waals surface area contributed by atoms with Crippen LogP contribution < -0.4 is 11.1 Å². The molecule has 4 rings (SSSR count). The van der Waals surface area contributed by atoms with Crippen molar-refractivity contribution in [1.29, 1.82) is 0 Å². The van der Waals surface area contributed by atoms with E-state index < -0.39 is 24.5 Å². The van der Waals surface area contributed by atoms with Crippen LogP contribution >= 0.6 is 0 Å². The first-order chi connectivity index (χ1) is 16.4. The molecule has 0 saturated carbocycles. The Labute approximate surface area is 197 Å². The molecular formula is C23H32FN7O3. The molecule has 0 bridgehead atoms. The first-order valence-electron chi connectivity index (χ1n) is 11.5. The predicted octanol–water partition coefficient (Wildman–Crippen LogP) is 1.26. The number of halogens is 1. The molecule has 11 heteroatoms. The van der Waals surface area contributed by atoms with Crippen LogP contribution in [0.5, 0.6) is 0 Å². The lowest BCUT2D eigenvalue weighted by atomic mass is 10.1. The van der Waals surface area contributed by atoms with E-state index in [0.29, 0.717) is 36.6 Å². The molecule has 10 nitrogen and oxygen atoms in total. The van der Waals surface area contributed by atoms with Gasteiger partial charge in [-0.25, -0.2) is 19.3 Å². The van der Waals surface area contributed by atoms with Crippen LogP contribution in [0.2, 0.25) is 0 Å². The lowest BCUT2D eigenvalue weighted by Gasteiger charge is -2.29. The molecule has 3 heterocycles. The van der Waals surface area contributed by atoms with Gasteiger partial charge in [0.05, 0.1) is 6.33 Å². The molecule has 0 amide bonds. The number of nitrogens with one attached hydrogen (secondary N) is 1. The summed E-state index contributed by atoms with van der Waals surface area (Å²) in [6, 6.07) is 6.54. The fourth-order valence-electron chi connectivity index (χ4n) is 4.20. The van der Waals surface area contributed by atoms with Crippen LogP contribution in [0, 0.1) is 5.82 Å². The SMILES string of the molecule is CC(C)N(CCCN)C[C@H]1O[C@@H](n2cnc3c(NCc4cccc(F)c4)ncnc32)[C@H](O)[C@@H]1O. The van der Waals surface area contributed by atoms with E-state index >= 15 is 0 Å². The molecule has 5 N–H and O–H groups in total. The Balaban J connectivity index is 1.51. The number of ether oxygens (including phenoxy) is 1. The minimum Gasteiger partial charge on any atom is -0.387 e. The molecule has 0 spiro atoms. The van der Waals surface area contributed by atoms with Crippen molar-refractivity contribution in [3.63, 3.8) is 0 Å². The average Bonchev–Trinajstić information content (AvgIpc) is 3.36. The highest BCUT2D eigenvalue weighted by molar-refractivity contribution is 5.82. The van der Waals surface area contributed by atoms with Gasteiger partial charge in [-0.1, -0.05) is 12.1 Å². The van der Waals surface area contributed by atoms with Gasteiger partial charge in [-0.05, 0) is 51.1 Å². The van der Waals surface area contributed by atoms with Crippen LogP contribution in [0.1, 0.15) is 32.1 Å². The zero-order valence-electron chi connectivity index (χ0n) is 19.4. The van der Waals surface area contributed by atoms with E-state index in [2.05, 4.69) is 39.0 Å². The summed E-state index contributed by atoms with van der Waals surface area (Å²) in [4.78, 5) is 15.2. The van der Waals surface area contributed by atoms with E-state index in [1.54, 1.807) is 10.6 Å². The third kappa shape index (κ3) is 5.18. The van der Waals surface area contributed by atoms with Crippen molar-refractivity contribution in [3.8, 4) is 0 Å². The summed E-state index contributed by atoms with van der Waals surface area (Å²) in [6.07, 6.45) is 0.103. The zero-order valence-corrected chi connectivity index (χ0v) is 19.4. The van der Waals surface area contributed by atoms with E-state index in [0.717, 1.165) is 18.5 Å². The quantitative estimate of drug-likeness (QED) is 0.343. The summed E-state index contributed by atoms with van der Waals surface area (Å²) < 4.78 is 21.2. The van der Waals surface area contributed by atoms with Crippen LogP contribution in [0.4, 0.5) is 10.2 Å². The third-order valence-electron chi connectivity index (χ3n) is 6.11. The standard InChI is InChI=1S/C23H32FN7O3/c1-14(2)30(8-4-7-25)11-17-19(32)20(33)23(34-17)31-13-29-18-21(27-12-28-22(18)31)26-10-15-5-3-6-16(24)9-15/h3,5-6,9,12-14,17,19-20,23,32-33H,4,7-8,10-11,25H2,1-2H3,(H,26,27,28)/t17-,19-,20-,23-/m1/s1. The predicted molar refractivity (Wildman–Crippen MR) is 125 cm³/mol. The first kappa shape index (κ1) is 24.4. The second-order valence-corrected chi connectivity index (χ2v) is 8.81. The van der Waals surface area contributed by atoms with Crippen molar-refractivity contribution in [3.05, 3.63) is 48.3 Å². The van der Waals surface area contributed by atoms with Gasteiger partial charge < -0.3 is 26.0 Å². The first-order valence-corrected chi connectivity index (χ1v) is 11.5. The van der Waals surface area contributed by atoms with Crippen LogP contribution in [0.3, 0.4) is 0 Å². The maximum Gasteiger partial charge on any atom is 0.167 e. The van der Waals surface area contributed by atoms with Gasteiger partial charge in [-0.15, -0.1) is 0 Å². The Hall–Kier alpha value is -2.70. The molecule has 1 fully saturated rings. The smallest absolute Gasteiger partial charge is 0.167 e. The molecule has 1 saturated heterocycles. The summed E-state index contributed by atoms with van der Waals surface area (Å²) in [5.41, 5.74) is 7.36. The van der Waals surface area contributed by atoms with Crippen LogP contribution in [0.15, 0.2) is 36.9 Å². The number of nitrogens with zero attached hydrogens (tertiary/aromatic N) is 5. The monoisotopic (exact) mass is 473 g/mol. The molecule has 0 aliphatic carbocycles. The van der Waals surface area contributed by atoms with E-state index in [4.69, 9.17) is 10.5 Å². The molecule has 3 aromatic rings. The number of nitrogens with two attached hydrogens (primary N) is 1. The van der Waals surface area contributed by atoms with Crippen LogP contribution in [-0.2, 0) is 11.3 Å². The summed E-state index contributed by atoms with van der Waals surface area (Å²) in [5.74, 6) is 0.168. The van der Waals surface area contributed by atoms with Crippen molar-refractivity contribution in [2.24, 2.45) is 5.73 Å². The number of benzene rings is 1. The second kappa shape index (κ2) is 10.7. The van der Waals surface area contributed by atoms with Crippen LogP contribution in [-0.4, -0.2) is 78.6 Å².